The van der Waals surface area contributed by atoms with Crippen LogP contribution in [0.5, 0.6) is 0 Å². The molecule has 2 rings (SSSR count). The number of rotatable bonds is 7. The van der Waals surface area contributed by atoms with E-state index in [0.717, 1.165) is 9.78 Å². The fourth-order valence-electron chi connectivity index (χ4n) is 2.60. The molecule has 0 aliphatic carbocycles. The second-order valence-electron chi connectivity index (χ2n) is 8.28. The van der Waals surface area contributed by atoms with Crippen molar-refractivity contribution in [2.24, 2.45) is 11.7 Å². The number of hydrogen-bond donors (Lipinski definition) is 2. The number of nitrogens with one attached hydrogen (secondary N) is 1. The average molecular weight is 463 g/mol. The van der Waals surface area contributed by atoms with E-state index in [1.165, 1.54) is 17.4 Å². The van der Waals surface area contributed by atoms with Crippen LogP contribution in [0.4, 0.5) is 21.0 Å². The summed E-state index contributed by atoms with van der Waals surface area (Å²) in [4.78, 5) is 43.8. The average Bonchev–Trinajstić information content (AvgIpc) is 3.24. The molecule has 1 heterocycles. The van der Waals surface area contributed by atoms with Crippen LogP contribution in [0.1, 0.15) is 45.9 Å². The fourth-order valence-corrected chi connectivity index (χ4v) is 3.11. The van der Waals surface area contributed by atoms with Gasteiger partial charge in [-0.2, -0.15) is 0 Å². The molecule has 10 heteroatoms. The van der Waals surface area contributed by atoms with Gasteiger partial charge in [0.05, 0.1) is 22.1 Å². The highest BCUT2D eigenvalue weighted by molar-refractivity contribution is 7.09. The molecule has 174 valence electrons. The molecule has 0 saturated heterocycles. The Bertz CT molecular complexity index is 927. The molecule has 9 nitrogen and oxygen atoms in total. The summed E-state index contributed by atoms with van der Waals surface area (Å²) in [5.41, 5.74) is 7.52. The number of imide groups is 1. The predicted molar refractivity (Wildman–Crippen MR) is 124 cm³/mol. The molecule has 3 N–H and O–H groups in total. The van der Waals surface area contributed by atoms with E-state index in [1.807, 2.05) is 13.8 Å². The van der Waals surface area contributed by atoms with Gasteiger partial charge in [-0.1, -0.05) is 26.3 Å². The zero-order chi connectivity index (χ0) is 23.9. The maximum absolute atomic E-state index is 13.1. The molecule has 0 unspecified atom stereocenters. The van der Waals surface area contributed by atoms with Gasteiger partial charge in [-0.25, -0.2) is 14.5 Å². The second kappa shape index (κ2) is 11.1. The fraction of sp³-hybridized carbons (Fsp3) is 0.455. The van der Waals surface area contributed by atoms with Crippen molar-refractivity contribution in [1.29, 1.82) is 0 Å². The van der Waals surface area contributed by atoms with Gasteiger partial charge < -0.3 is 15.2 Å². The largest absolute Gasteiger partial charge is 0.444 e. The molecule has 2 atom stereocenters. The molecule has 32 heavy (non-hydrogen) atoms. The Morgan fingerprint density at radius 1 is 1.28 bits per heavy atom. The van der Waals surface area contributed by atoms with Crippen LogP contribution in [0.3, 0.4) is 0 Å². The Balaban J connectivity index is 2.23. The smallest absolute Gasteiger partial charge is 0.421 e. The first-order chi connectivity index (χ1) is 15.0. The molecular weight excluding hydrogens is 432 g/mol. The van der Waals surface area contributed by atoms with Gasteiger partial charge in [0, 0.05) is 11.9 Å². The number of nitrogens with zero attached hydrogens (tertiary/aromatic N) is 2. The van der Waals surface area contributed by atoms with Gasteiger partial charge in [-0.15, -0.1) is 11.3 Å². The van der Waals surface area contributed by atoms with E-state index in [9.17, 15) is 14.4 Å². The molecule has 0 radical (unpaired) electrons. The number of amides is 3. The summed E-state index contributed by atoms with van der Waals surface area (Å²) < 4.78 is 10.6. The summed E-state index contributed by atoms with van der Waals surface area (Å²) in [6.07, 6.45) is 0.763. The minimum Gasteiger partial charge on any atom is -0.444 e. The van der Waals surface area contributed by atoms with Crippen LogP contribution in [-0.4, -0.2) is 34.7 Å². The lowest BCUT2D eigenvalue weighted by Gasteiger charge is -2.29. The van der Waals surface area contributed by atoms with Crippen LogP contribution < -0.4 is 16.0 Å². The molecule has 1 aromatic heterocycles. The van der Waals surface area contributed by atoms with E-state index < -0.39 is 29.7 Å². The molecule has 0 aliphatic heterocycles. The molecule has 0 saturated carbocycles. The van der Waals surface area contributed by atoms with Gasteiger partial charge in [-0.3, -0.25) is 15.1 Å². The summed E-state index contributed by atoms with van der Waals surface area (Å²) >= 11 is 1.37. The summed E-state index contributed by atoms with van der Waals surface area (Å²) in [6.45, 7) is 8.96. The van der Waals surface area contributed by atoms with E-state index in [0.29, 0.717) is 12.1 Å². The third kappa shape index (κ3) is 7.31. The maximum atomic E-state index is 13.1. The Morgan fingerprint density at radius 3 is 2.59 bits per heavy atom. The zero-order valence-corrected chi connectivity index (χ0v) is 19.8. The van der Waals surface area contributed by atoms with E-state index in [4.69, 9.17) is 15.2 Å². The first kappa shape index (κ1) is 25.3. The monoisotopic (exact) mass is 462 g/mol. The zero-order valence-electron chi connectivity index (χ0n) is 19.0. The number of carbonyl (C=O) groups is 3. The number of thiazole rings is 1. The highest BCUT2D eigenvalue weighted by atomic mass is 32.1. The minimum atomic E-state index is -0.895. The quantitative estimate of drug-likeness (QED) is 0.619. The van der Waals surface area contributed by atoms with Crippen LogP contribution >= 0.6 is 11.3 Å². The van der Waals surface area contributed by atoms with E-state index >= 15 is 0 Å². The minimum absolute atomic E-state index is 0.0858. The number of anilines is 2. The van der Waals surface area contributed by atoms with Crippen LogP contribution in [0.15, 0.2) is 36.0 Å². The first-order valence-corrected chi connectivity index (χ1v) is 11.1. The summed E-state index contributed by atoms with van der Waals surface area (Å²) in [5.74, 6) is -0.728. The molecule has 2 aromatic rings. The Morgan fingerprint density at radius 2 is 2.00 bits per heavy atom. The van der Waals surface area contributed by atoms with Crippen molar-refractivity contribution in [3.05, 3.63) is 40.8 Å². The van der Waals surface area contributed by atoms with Gasteiger partial charge in [0.15, 0.2) is 0 Å². The molecule has 0 aliphatic rings. The van der Waals surface area contributed by atoms with Crippen molar-refractivity contribution >= 4 is 40.8 Å². The van der Waals surface area contributed by atoms with E-state index in [-0.39, 0.29) is 18.2 Å². The van der Waals surface area contributed by atoms with Gasteiger partial charge in [0.25, 0.3) is 5.91 Å². The van der Waals surface area contributed by atoms with Crippen LogP contribution in [0, 0.1) is 5.92 Å². The number of nitrogens with two attached hydrogens (primary N) is 1. The van der Waals surface area contributed by atoms with Crippen molar-refractivity contribution in [1.82, 2.24) is 4.98 Å². The predicted octanol–water partition coefficient (Wildman–Crippen LogP) is 4.53. The number of aromatic nitrogens is 1. The van der Waals surface area contributed by atoms with Gasteiger partial charge in [0.1, 0.15) is 12.2 Å². The summed E-state index contributed by atoms with van der Waals surface area (Å²) in [5, 5.41) is 2.59. The molecular formula is C22H30N4O5S. The second-order valence-corrected chi connectivity index (χ2v) is 9.26. The van der Waals surface area contributed by atoms with Gasteiger partial charge in [-0.05, 0) is 44.9 Å². The Labute approximate surface area is 191 Å². The normalized spacial score (nSPS) is 13.1. The lowest BCUT2D eigenvalue weighted by molar-refractivity contribution is -0.120. The number of ether oxygens (including phenoxy) is 2. The standard InChI is InChI=1S/C22H30N4O5S/c1-6-14(2)18(23)19(27)26(21(29)31-22(3,4)5)16-9-7-8-15(10-16)25-20(28)30-12-17-11-24-13-32-17/h7-11,13-14,18H,6,12,23H2,1-5H3,(H,25,28)/t14-,18-/m0/s1. The third-order valence-corrected chi connectivity index (χ3v) is 5.27. The maximum Gasteiger partial charge on any atom is 0.421 e. The Kier molecular flexibility index (Phi) is 8.73. The van der Waals surface area contributed by atoms with E-state index in [2.05, 4.69) is 10.3 Å². The van der Waals surface area contributed by atoms with Crippen molar-refractivity contribution in [2.75, 3.05) is 10.2 Å². The van der Waals surface area contributed by atoms with Crippen molar-refractivity contribution in [2.45, 2.75) is 59.3 Å². The van der Waals surface area contributed by atoms with E-state index in [1.54, 1.807) is 50.7 Å². The van der Waals surface area contributed by atoms with Gasteiger partial charge >= 0.3 is 12.2 Å². The first-order valence-electron chi connectivity index (χ1n) is 10.3. The van der Waals surface area contributed by atoms with Crippen LogP contribution in [-0.2, 0) is 20.9 Å². The Hall–Kier alpha value is -2.98. The molecule has 0 spiro atoms. The highest BCUT2D eigenvalue weighted by Gasteiger charge is 2.34. The molecule has 3 amide bonds. The number of carbonyl (C=O) groups excluding carboxylic acids is 3. The van der Waals surface area contributed by atoms with Crippen LogP contribution in [0.25, 0.3) is 0 Å². The molecule has 0 fully saturated rings. The molecule has 1 aromatic carbocycles. The topological polar surface area (TPSA) is 124 Å². The highest BCUT2D eigenvalue weighted by Crippen LogP contribution is 2.24. The summed E-state index contributed by atoms with van der Waals surface area (Å²) in [6, 6.07) is 5.38. The van der Waals surface area contributed by atoms with Crippen molar-refractivity contribution < 1.29 is 23.9 Å². The van der Waals surface area contributed by atoms with Gasteiger partial charge in [0.2, 0.25) is 0 Å². The lowest BCUT2D eigenvalue weighted by Crippen LogP contribution is -2.51. The number of benzene rings is 1. The van der Waals surface area contributed by atoms with Crippen molar-refractivity contribution in [3.8, 4) is 0 Å². The molecule has 0 bridgehead atoms. The third-order valence-electron chi connectivity index (χ3n) is 4.52. The SMILES string of the molecule is CC[C@H](C)[C@H](N)C(=O)N(C(=O)OC(C)(C)C)c1cccc(NC(=O)OCc2cncs2)c1. The number of hydrogen-bond acceptors (Lipinski definition) is 8. The summed E-state index contributed by atoms with van der Waals surface area (Å²) in [7, 11) is 0. The van der Waals surface area contributed by atoms with Crippen molar-refractivity contribution in [3.63, 3.8) is 0 Å². The lowest BCUT2D eigenvalue weighted by atomic mass is 9.98. The van der Waals surface area contributed by atoms with Crippen LogP contribution in [0.2, 0.25) is 0 Å².